The van der Waals surface area contributed by atoms with Crippen molar-refractivity contribution in [2.45, 2.75) is 39.2 Å². The summed E-state index contributed by atoms with van der Waals surface area (Å²) in [5.41, 5.74) is 1.93. The molecule has 1 nitrogen and oxygen atoms in total. The van der Waals surface area contributed by atoms with Crippen molar-refractivity contribution in [3.8, 4) is 0 Å². The summed E-state index contributed by atoms with van der Waals surface area (Å²) in [4.78, 5) is 0. The summed E-state index contributed by atoms with van der Waals surface area (Å²) in [7, 11) is 2.52. The van der Waals surface area contributed by atoms with Crippen molar-refractivity contribution in [3.63, 3.8) is 0 Å². The van der Waals surface area contributed by atoms with Crippen molar-refractivity contribution >= 4 is 22.7 Å². The van der Waals surface area contributed by atoms with Crippen molar-refractivity contribution in [2.24, 2.45) is 5.41 Å². The van der Waals surface area contributed by atoms with E-state index in [1.54, 1.807) is 5.57 Å². The number of hydrogen-bond donors (Lipinski definition) is 0. The largest absolute Gasteiger partial charge is 1.00 e. The van der Waals surface area contributed by atoms with Crippen molar-refractivity contribution in [3.05, 3.63) is 11.6 Å². The standard InChI is InChI=1S/C14H25OS2.BrH/c1-14(2)9-12(5-6-13(14)15-3)10-17-8-4-7-16-11-17;/h9,13H,4-8,10-11H2,1-3H3;1H/q+1;/p-1/t13-,17?;/m1./s1. The Morgan fingerprint density at radius 3 is 2.83 bits per heavy atom. The van der Waals surface area contributed by atoms with Gasteiger partial charge in [-0.15, -0.1) is 11.8 Å². The minimum absolute atomic E-state index is 0. The molecular formula is C14H25BrOS2. The lowest BCUT2D eigenvalue weighted by Crippen LogP contribution is -3.00. The number of rotatable bonds is 3. The van der Waals surface area contributed by atoms with Gasteiger partial charge in [-0.3, -0.25) is 0 Å². The Morgan fingerprint density at radius 1 is 1.50 bits per heavy atom. The summed E-state index contributed by atoms with van der Waals surface area (Å²) in [5, 5.41) is 1.41. The van der Waals surface area contributed by atoms with E-state index >= 15 is 0 Å². The van der Waals surface area contributed by atoms with E-state index in [1.807, 2.05) is 7.11 Å². The third kappa shape index (κ3) is 4.46. The molecule has 0 spiro atoms. The molecule has 4 heteroatoms. The molecule has 0 saturated carbocycles. The second-order valence-corrected chi connectivity index (χ2v) is 9.41. The number of methoxy groups -OCH3 is 1. The van der Waals surface area contributed by atoms with E-state index in [4.69, 9.17) is 4.74 Å². The first kappa shape index (κ1) is 16.9. The molecule has 106 valence electrons. The maximum absolute atomic E-state index is 5.60. The molecule has 1 aliphatic heterocycles. The molecular weight excluding hydrogens is 328 g/mol. The van der Waals surface area contributed by atoms with E-state index in [0.717, 1.165) is 0 Å². The van der Waals surface area contributed by atoms with Gasteiger partial charge in [0.05, 0.1) is 6.10 Å². The number of halogens is 1. The smallest absolute Gasteiger partial charge is 0.153 e. The van der Waals surface area contributed by atoms with Gasteiger partial charge in [0.15, 0.2) is 5.08 Å². The zero-order valence-corrected chi connectivity index (χ0v) is 14.9. The second-order valence-electron chi connectivity index (χ2n) is 5.73. The summed E-state index contributed by atoms with van der Waals surface area (Å²) in [6.45, 7) is 4.64. The molecule has 0 aromatic heterocycles. The van der Waals surface area contributed by atoms with E-state index in [0.29, 0.717) is 17.0 Å². The summed E-state index contributed by atoms with van der Waals surface area (Å²) in [6, 6.07) is 0. The maximum atomic E-state index is 5.60. The fourth-order valence-corrected chi connectivity index (χ4v) is 7.09. The molecule has 2 rings (SSSR count). The van der Waals surface area contributed by atoms with Gasteiger partial charge >= 0.3 is 0 Å². The Balaban J connectivity index is 0.00000162. The van der Waals surface area contributed by atoms with Crippen LogP contribution in [-0.2, 0) is 15.6 Å². The van der Waals surface area contributed by atoms with E-state index < -0.39 is 0 Å². The van der Waals surface area contributed by atoms with Crippen molar-refractivity contribution in [1.29, 1.82) is 0 Å². The van der Waals surface area contributed by atoms with Crippen LogP contribution in [0.2, 0.25) is 0 Å². The quantitative estimate of drug-likeness (QED) is 0.539. The fraction of sp³-hybridized carbons (Fsp3) is 0.857. The second kappa shape index (κ2) is 7.61. The number of ether oxygens (including phenoxy) is 1. The van der Waals surface area contributed by atoms with Crippen molar-refractivity contribution in [2.75, 3.05) is 29.5 Å². The lowest BCUT2D eigenvalue weighted by molar-refractivity contribution is -0.00000427. The van der Waals surface area contributed by atoms with Gasteiger partial charge in [-0.05, 0) is 18.4 Å². The van der Waals surface area contributed by atoms with E-state index in [1.165, 1.54) is 41.6 Å². The molecule has 0 radical (unpaired) electrons. The molecule has 0 N–H and O–H groups in total. The molecule has 2 aliphatic rings. The molecule has 18 heavy (non-hydrogen) atoms. The van der Waals surface area contributed by atoms with Gasteiger partial charge in [-0.1, -0.05) is 19.9 Å². The minimum atomic E-state index is 0. The Kier molecular flexibility index (Phi) is 7.16. The van der Waals surface area contributed by atoms with E-state index in [-0.39, 0.29) is 22.4 Å². The highest BCUT2D eigenvalue weighted by Gasteiger charge is 2.34. The molecule has 1 heterocycles. The van der Waals surface area contributed by atoms with Gasteiger partial charge < -0.3 is 21.7 Å². The third-order valence-corrected chi connectivity index (χ3v) is 8.00. The zero-order chi connectivity index (χ0) is 12.3. The Hall–Kier alpha value is 0.880. The Morgan fingerprint density at radius 2 is 2.28 bits per heavy atom. The molecule has 0 aromatic rings. The van der Waals surface area contributed by atoms with Crippen LogP contribution in [0.4, 0.5) is 0 Å². The summed E-state index contributed by atoms with van der Waals surface area (Å²) in [5.74, 6) is 4.23. The first-order valence-electron chi connectivity index (χ1n) is 6.57. The predicted octanol–water partition coefficient (Wildman–Crippen LogP) is 0.465. The van der Waals surface area contributed by atoms with Crippen LogP contribution in [0.3, 0.4) is 0 Å². The van der Waals surface area contributed by atoms with Gasteiger partial charge in [0.1, 0.15) is 11.5 Å². The maximum Gasteiger partial charge on any atom is 0.153 e. The lowest BCUT2D eigenvalue weighted by Gasteiger charge is -2.35. The first-order chi connectivity index (χ1) is 8.12. The van der Waals surface area contributed by atoms with Gasteiger partial charge in [0.2, 0.25) is 0 Å². The Labute approximate surface area is 130 Å². The SMILES string of the molecule is CO[C@@H]1CCC(C[S+]2CCCSC2)=CC1(C)C.[Br-]. The van der Waals surface area contributed by atoms with Crippen LogP contribution in [0, 0.1) is 5.41 Å². The van der Waals surface area contributed by atoms with Crippen LogP contribution < -0.4 is 17.0 Å². The van der Waals surface area contributed by atoms with Crippen LogP contribution in [-0.4, -0.2) is 35.6 Å². The Bertz CT molecular complexity index is 286. The normalized spacial score (nSPS) is 31.4. The van der Waals surface area contributed by atoms with Crippen LogP contribution in [0.25, 0.3) is 0 Å². The van der Waals surface area contributed by atoms with Crippen molar-refractivity contribution < 1.29 is 21.7 Å². The predicted molar refractivity (Wildman–Crippen MR) is 80.9 cm³/mol. The average molecular weight is 353 g/mol. The minimum Gasteiger partial charge on any atom is -1.00 e. The molecule has 0 bridgehead atoms. The highest BCUT2D eigenvalue weighted by Crippen LogP contribution is 2.36. The fourth-order valence-electron chi connectivity index (χ4n) is 2.89. The highest BCUT2D eigenvalue weighted by atomic mass is 79.9. The lowest BCUT2D eigenvalue weighted by atomic mass is 9.77. The molecule has 1 aliphatic carbocycles. The monoisotopic (exact) mass is 352 g/mol. The average Bonchev–Trinajstić information content (AvgIpc) is 2.29. The molecule has 1 fully saturated rings. The van der Waals surface area contributed by atoms with Crippen LogP contribution >= 0.6 is 11.8 Å². The summed E-state index contributed by atoms with van der Waals surface area (Å²) >= 11 is 2.16. The van der Waals surface area contributed by atoms with Gasteiger partial charge in [0.25, 0.3) is 0 Å². The number of thioether (sulfide) groups is 1. The van der Waals surface area contributed by atoms with Crippen LogP contribution in [0.15, 0.2) is 11.6 Å². The topological polar surface area (TPSA) is 9.23 Å². The number of hydrogen-bond acceptors (Lipinski definition) is 2. The molecule has 1 unspecified atom stereocenters. The first-order valence-corrected chi connectivity index (χ1v) is 9.46. The van der Waals surface area contributed by atoms with Crippen molar-refractivity contribution in [1.82, 2.24) is 0 Å². The molecule has 0 amide bonds. The molecule has 2 atom stereocenters. The highest BCUT2D eigenvalue weighted by molar-refractivity contribution is 8.15. The van der Waals surface area contributed by atoms with Crippen LogP contribution in [0.1, 0.15) is 33.1 Å². The van der Waals surface area contributed by atoms with Gasteiger partial charge in [0, 0.05) is 35.6 Å². The van der Waals surface area contributed by atoms with E-state index in [9.17, 15) is 0 Å². The van der Waals surface area contributed by atoms with Crippen LogP contribution in [0.5, 0.6) is 0 Å². The zero-order valence-electron chi connectivity index (χ0n) is 11.7. The molecule has 0 aromatic carbocycles. The van der Waals surface area contributed by atoms with Gasteiger partial charge in [-0.2, -0.15) is 0 Å². The summed E-state index contributed by atoms with van der Waals surface area (Å²) in [6.07, 6.45) is 6.83. The van der Waals surface area contributed by atoms with E-state index in [2.05, 4.69) is 31.7 Å². The third-order valence-electron chi connectivity index (χ3n) is 3.78. The summed E-state index contributed by atoms with van der Waals surface area (Å²) < 4.78 is 5.60. The molecule has 1 saturated heterocycles. The van der Waals surface area contributed by atoms with Gasteiger partial charge in [-0.25, -0.2) is 0 Å².